The van der Waals surface area contributed by atoms with Gasteiger partial charge in [0.1, 0.15) is 11.5 Å². The molecule has 0 aromatic heterocycles. The molecule has 1 unspecified atom stereocenters. The molecule has 1 atom stereocenters. The zero-order valence-corrected chi connectivity index (χ0v) is 6.95. The van der Waals surface area contributed by atoms with Gasteiger partial charge >= 0.3 is 0 Å². The summed E-state index contributed by atoms with van der Waals surface area (Å²) in [6.07, 6.45) is 6.38. The van der Waals surface area contributed by atoms with Crippen LogP contribution >= 0.6 is 0 Å². The molecule has 0 aliphatic rings. The lowest BCUT2D eigenvalue weighted by Gasteiger charge is -1.94. The first-order chi connectivity index (χ1) is 4.31. The van der Waals surface area contributed by atoms with Crippen molar-refractivity contribution in [3.63, 3.8) is 0 Å². The van der Waals surface area contributed by atoms with Crippen LogP contribution in [-0.4, -0.2) is 29.5 Å². The standard InChI is InChI=1S/C7H15OS/c1-3-4-6-9(2)7-5-8/h3-4,8H,5-7H2,1-2H3/q+1. The number of rotatable bonds is 4. The Morgan fingerprint density at radius 1 is 1.56 bits per heavy atom. The minimum absolute atomic E-state index is 0.331. The fourth-order valence-electron chi connectivity index (χ4n) is 0.500. The molecule has 0 aromatic rings. The topological polar surface area (TPSA) is 20.2 Å². The van der Waals surface area contributed by atoms with Crippen LogP contribution in [0.4, 0.5) is 0 Å². The first-order valence-corrected chi connectivity index (χ1v) is 5.09. The van der Waals surface area contributed by atoms with Crippen LogP contribution in [0, 0.1) is 0 Å². The molecule has 0 saturated carbocycles. The van der Waals surface area contributed by atoms with Gasteiger partial charge in [0.25, 0.3) is 0 Å². The highest BCUT2D eigenvalue weighted by Gasteiger charge is 2.04. The molecule has 0 aromatic carbocycles. The van der Waals surface area contributed by atoms with E-state index in [0.717, 1.165) is 11.5 Å². The van der Waals surface area contributed by atoms with E-state index >= 15 is 0 Å². The smallest absolute Gasteiger partial charge is 0.131 e. The molecule has 1 N–H and O–H groups in total. The van der Waals surface area contributed by atoms with Crippen LogP contribution in [0.3, 0.4) is 0 Å². The SMILES string of the molecule is CC=CC[S+](C)CCO. The van der Waals surface area contributed by atoms with Gasteiger partial charge in [0.2, 0.25) is 0 Å². The van der Waals surface area contributed by atoms with E-state index in [-0.39, 0.29) is 0 Å². The van der Waals surface area contributed by atoms with E-state index in [4.69, 9.17) is 5.11 Å². The quantitative estimate of drug-likeness (QED) is 0.461. The van der Waals surface area contributed by atoms with Crippen molar-refractivity contribution in [1.82, 2.24) is 0 Å². The lowest BCUT2D eigenvalue weighted by molar-refractivity contribution is 0.322. The summed E-state index contributed by atoms with van der Waals surface area (Å²) in [6, 6.07) is 0. The van der Waals surface area contributed by atoms with E-state index in [1.807, 2.05) is 6.92 Å². The van der Waals surface area contributed by atoms with Crippen LogP contribution in [-0.2, 0) is 10.9 Å². The lowest BCUT2D eigenvalue weighted by Crippen LogP contribution is -2.10. The highest BCUT2D eigenvalue weighted by Crippen LogP contribution is 1.90. The van der Waals surface area contributed by atoms with Crippen LogP contribution in [0.15, 0.2) is 12.2 Å². The molecular weight excluding hydrogens is 132 g/mol. The van der Waals surface area contributed by atoms with Crippen molar-refractivity contribution in [3.05, 3.63) is 12.2 Å². The van der Waals surface area contributed by atoms with E-state index in [2.05, 4.69) is 18.4 Å². The second-order valence-electron chi connectivity index (χ2n) is 1.94. The Balaban J connectivity index is 3.15. The zero-order chi connectivity index (χ0) is 7.11. The summed E-state index contributed by atoms with van der Waals surface area (Å²) in [5.74, 6) is 2.07. The number of hydrogen-bond donors (Lipinski definition) is 1. The minimum Gasteiger partial charge on any atom is -0.391 e. The minimum atomic E-state index is 0.331. The number of allylic oxidation sites excluding steroid dienone is 1. The van der Waals surface area contributed by atoms with Gasteiger partial charge in [0, 0.05) is 0 Å². The van der Waals surface area contributed by atoms with Crippen LogP contribution in [0.5, 0.6) is 0 Å². The number of hydrogen-bond acceptors (Lipinski definition) is 1. The van der Waals surface area contributed by atoms with Crippen molar-refractivity contribution >= 4 is 10.9 Å². The molecule has 0 fully saturated rings. The van der Waals surface area contributed by atoms with Gasteiger partial charge in [0.05, 0.1) is 12.9 Å². The van der Waals surface area contributed by atoms with Gasteiger partial charge < -0.3 is 5.11 Å². The average molecular weight is 147 g/mol. The summed E-state index contributed by atoms with van der Waals surface area (Å²) < 4.78 is 0. The molecular formula is C7H15OS+. The molecule has 0 amide bonds. The maximum absolute atomic E-state index is 8.52. The summed E-state index contributed by atoms with van der Waals surface area (Å²) in [5.41, 5.74) is 0. The van der Waals surface area contributed by atoms with E-state index in [9.17, 15) is 0 Å². The Hall–Kier alpha value is 0.0500. The van der Waals surface area contributed by atoms with Gasteiger partial charge in [-0.1, -0.05) is 6.08 Å². The highest BCUT2D eigenvalue weighted by molar-refractivity contribution is 7.96. The molecule has 0 aliphatic carbocycles. The summed E-state index contributed by atoms with van der Waals surface area (Å²) in [6.45, 7) is 2.35. The molecule has 0 bridgehead atoms. The molecule has 9 heavy (non-hydrogen) atoms. The second kappa shape index (κ2) is 6.17. The maximum atomic E-state index is 8.52. The van der Waals surface area contributed by atoms with Gasteiger partial charge in [0.15, 0.2) is 0 Å². The van der Waals surface area contributed by atoms with Crippen LogP contribution in [0.2, 0.25) is 0 Å². The fourth-order valence-corrected chi connectivity index (χ4v) is 1.50. The summed E-state index contributed by atoms with van der Waals surface area (Å²) in [5, 5.41) is 8.52. The third kappa shape index (κ3) is 5.93. The highest BCUT2D eigenvalue weighted by atomic mass is 32.2. The molecule has 0 heterocycles. The Bertz CT molecular complexity index is 81.0. The van der Waals surface area contributed by atoms with E-state index in [1.165, 1.54) is 0 Å². The predicted molar refractivity (Wildman–Crippen MR) is 44.9 cm³/mol. The molecule has 0 rings (SSSR count). The van der Waals surface area contributed by atoms with Crippen molar-refractivity contribution in [2.75, 3.05) is 24.4 Å². The largest absolute Gasteiger partial charge is 0.391 e. The molecule has 0 saturated heterocycles. The molecule has 54 valence electrons. The molecule has 0 radical (unpaired) electrons. The zero-order valence-electron chi connectivity index (χ0n) is 6.13. The van der Waals surface area contributed by atoms with Crippen LogP contribution < -0.4 is 0 Å². The fraction of sp³-hybridized carbons (Fsp3) is 0.714. The van der Waals surface area contributed by atoms with Gasteiger partial charge in [-0.3, -0.25) is 0 Å². The van der Waals surface area contributed by atoms with Gasteiger partial charge in [-0.25, -0.2) is 0 Å². The normalized spacial score (nSPS) is 14.6. The van der Waals surface area contributed by atoms with Crippen LogP contribution in [0.1, 0.15) is 6.92 Å². The van der Waals surface area contributed by atoms with Crippen molar-refractivity contribution in [2.24, 2.45) is 0 Å². The first kappa shape index (κ1) is 9.05. The van der Waals surface area contributed by atoms with Crippen molar-refractivity contribution < 1.29 is 5.11 Å². The molecule has 1 nitrogen and oxygen atoms in total. The maximum Gasteiger partial charge on any atom is 0.131 e. The molecule has 0 aliphatic heterocycles. The number of aliphatic hydroxyl groups is 1. The predicted octanol–water partition coefficient (Wildman–Crippen LogP) is 0.803. The second-order valence-corrected chi connectivity index (χ2v) is 4.25. The van der Waals surface area contributed by atoms with Gasteiger partial charge in [-0.2, -0.15) is 0 Å². The Morgan fingerprint density at radius 2 is 2.22 bits per heavy atom. The van der Waals surface area contributed by atoms with Crippen molar-refractivity contribution in [3.8, 4) is 0 Å². The molecule has 0 spiro atoms. The van der Waals surface area contributed by atoms with E-state index in [0.29, 0.717) is 17.5 Å². The Morgan fingerprint density at radius 3 is 2.67 bits per heavy atom. The monoisotopic (exact) mass is 147 g/mol. The third-order valence-corrected chi connectivity index (χ3v) is 2.70. The summed E-state index contributed by atoms with van der Waals surface area (Å²) >= 11 is 0. The first-order valence-electron chi connectivity index (χ1n) is 3.12. The average Bonchev–Trinajstić information content (AvgIpc) is 1.85. The van der Waals surface area contributed by atoms with Crippen molar-refractivity contribution in [2.45, 2.75) is 6.92 Å². The van der Waals surface area contributed by atoms with Gasteiger partial charge in [-0.05, 0) is 23.9 Å². The van der Waals surface area contributed by atoms with Gasteiger partial charge in [-0.15, -0.1) is 0 Å². The summed E-state index contributed by atoms with van der Waals surface area (Å²) in [4.78, 5) is 0. The Labute approximate surface area is 60.1 Å². The summed E-state index contributed by atoms with van der Waals surface area (Å²) in [7, 11) is 0.393. The Kier molecular flexibility index (Phi) is 6.21. The van der Waals surface area contributed by atoms with E-state index in [1.54, 1.807) is 0 Å². The molecule has 2 heteroatoms. The van der Waals surface area contributed by atoms with E-state index < -0.39 is 0 Å². The number of aliphatic hydroxyl groups excluding tert-OH is 1. The lowest BCUT2D eigenvalue weighted by atomic mass is 10.6. The van der Waals surface area contributed by atoms with Crippen molar-refractivity contribution in [1.29, 1.82) is 0 Å². The third-order valence-electron chi connectivity index (χ3n) is 1.06. The van der Waals surface area contributed by atoms with Crippen LogP contribution in [0.25, 0.3) is 0 Å².